The van der Waals surface area contributed by atoms with Crippen molar-refractivity contribution in [1.82, 2.24) is 14.9 Å². The molecule has 2 fully saturated rings. The van der Waals surface area contributed by atoms with Gasteiger partial charge in [-0.05, 0) is 37.6 Å². The Kier molecular flexibility index (Phi) is 4.21. The second kappa shape index (κ2) is 6.08. The van der Waals surface area contributed by atoms with Crippen LogP contribution < -0.4 is 5.32 Å². The average molecular weight is 261 g/mol. The summed E-state index contributed by atoms with van der Waals surface area (Å²) in [6.45, 7) is 5.83. The predicted octanol–water partition coefficient (Wildman–Crippen LogP) is 3.18. The molecule has 1 aliphatic heterocycles. The van der Waals surface area contributed by atoms with Gasteiger partial charge in [0.15, 0.2) is 0 Å². The van der Waals surface area contributed by atoms with Crippen LogP contribution in [0.2, 0.25) is 0 Å². The smallest absolute Gasteiger partial charge is 0.0948 e. The summed E-state index contributed by atoms with van der Waals surface area (Å²) in [6.07, 6.45) is 12.5. The predicted molar refractivity (Wildman–Crippen MR) is 78.2 cm³/mol. The molecule has 1 atom stereocenters. The van der Waals surface area contributed by atoms with E-state index in [0.29, 0.717) is 5.92 Å². The van der Waals surface area contributed by atoms with Gasteiger partial charge in [0.1, 0.15) is 0 Å². The maximum atomic E-state index is 4.40. The number of aromatic nitrogens is 2. The van der Waals surface area contributed by atoms with Gasteiger partial charge in [-0.15, -0.1) is 0 Å². The Labute approximate surface area is 116 Å². The number of nitrogens with zero attached hydrogens (tertiary/aromatic N) is 2. The highest BCUT2D eigenvalue weighted by molar-refractivity contribution is 5.09. The highest BCUT2D eigenvalue weighted by Crippen LogP contribution is 2.32. The largest absolute Gasteiger partial charge is 0.334 e. The molecule has 1 N–H and O–H groups in total. The molecule has 1 saturated carbocycles. The second-order valence-electron chi connectivity index (χ2n) is 6.46. The van der Waals surface area contributed by atoms with E-state index in [9.17, 15) is 0 Å². The zero-order valence-corrected chi connectivity index (χ0v) is 12.1. The summed E-state index contributed by atoms with van der Waals surface area (Å²) < 4.78 is 2.44. The minimum absolute atomic E-state index is 0.689. The Morgan fingerprint density at radius 2 is 2.00 bits per heavy atom. The number of nitrogens with one attached hydrogen (secondary N) is 1. The molecule has 1 aromatic heterocycles. The molecule has 0 amide bonds. The van der Waals surface area contributed by atoms with Gasteiger partial charge in [0.05, 0.1) is 6.33 Å². The van der Waals surface area contributed by atoms with Gasteiger partial charge in [-0.25, -0.2) is 4.98 Å². The number of imidazole rings is 1. The molecule has 19 heavy (non-hydrogen) atoms. The van der Waals surface area contributed by atoms with Crippen molar-refractivity contribution in [2.24, 2.45) is 11.8 Å². The number of hydrogen-bond acceptors (Lipinski definition) is 2. The highest BCUT2D eigenvalue weighted by atomic mass is 15.1. The Morgan fingerprint density at radius 3 is 2.68 bits per heavy atom. The molecule has 2 heterocycles. The van der Waals surface area contributed by atoms with Crippen LogP contribution in [0.25, 0.3) is 0 Å². The Balaban J connectivity index is 1.59. The van der Waals surface area contributed by atoms with Crippen LogP contribution in [0.5, 0.6) is 0 Å². The molecular weight excluding hydrogens is 234 g/mol. The van der Waals surface area contributed by atoms with Crippen molar-refractivity contribution < 1.29 is 0 Å². The van der Waals surface area contributed by atoms with E-state index in [4.69, 9.17) is 0 Å². The molecule has 1 saturated heterocycles. The standard InChI is InChI=1S/C16H27N3/c1-2-13-3-5-14(6-4-13)11-19-12-18-10-16(19)15-7-8-17-9-15/h10,12-15,17H,2-9,11H2,1H3. The highest BCUT2D eigenvalue weighted by Gasteiger charge is 2.24. The maximum Gasteiger partial charge on any atom is 0.0948 e. The molecule has 3 rings (SSSR count). The van der Waals surface area contributed by atoms with E-state index in [1.54, 1.807) is 0 Å². The molecule has 0 spiro atoms. The van der Waals surface area contributed by atoms with E-state index in [0.717, 1.165) is 24.9 Å². The molecule has 3 heteroatoms. The summed E-state index contributed by atoms with van der Waals surface area (Å²) in [5.41, 5.74) is 1.46. The van der Waals surface area contributed by atoms with Crippen LogP contribution in [0.3, 0.4) is 0 Å². The SMILES string of the molecule is CCC1CCC(Cn2cncc2C2CCNC2)CC1. The van der Waals surface area contributed by atoms with Gasteiger partial charge in [-0.2, -0.15) is 0 Å². The van der Waals surface area contributed by atoms with Gasteiger partial charge in [-0.3, -0.25) is 0 Å². The fourth-order valence-electron chi connectivity index (χ4n) is 3.83. The summed E-state index contributed by atoms with van der Waals surface area (Å²) in [6, 6.07) is 0. The van der Waals surface area contributed by atoms with Crippen LogP contribution in [0.15, 0.2) is 12.5 Å². The van der Waals surface area contributed by atoms with Crippen LogP contribution in [-0.4, -0.2) is 22.6 Å². The molecule has 1 aromatic rings. The van der Waals surface area contributed by atoms with Crippen molar-refractivity contribution in [3.05, 3.63) is 18.2 Å². The zero-order valence-electron chi connectivity index (χ0n) is 12.1. The summed E-state index contributed by atoms with van der Waals surface area (Å²) >= 11 is 0. The first-order valence-corrected chi connectivity index (χ1v) is 8.07. The average Bonchev–Trinajstić information content (AvgIpc) is 3.10. The number of hydrogen-bond donors (Lipinski definition) is 1. The zero-order chi connectivity index (χ0) is 13.1. The summed E-state index contributed by atoms with van der Waals surface area (Å²) in [5, 5.41) is 3.46. The van der Waals surface area contributed by atoms with Crippen LogP contribution in [0, 0.1) is 11.8 Å². The monoisotopic (exact) mass is 261 g/mol. The van der Waals surface area contributed by atoms with Crippen molar-refractivity contribution in [2.75, 3.05) is 13.1 Å². The number of rotatable bonds is 4. The Bertz CT molecular complexity index is 384. The van der Waals surface area contributed by atoms with Gasteiger partial charge < -0.3 is 9.88 Å². The maximum absolute atomic E-state index is 4.40. The minimum atomic E-state index is 0.689. The third-order valence-corrected chi connectivity index (χ3v) is 5.22. The normalized spacial score (nSPS) is 31.7. The van der Waals surface area contributed by atoms with E-state index >= 15 is 0 Å². The van der Waals surface area contributed by atoms with Crippen molar-refractivity contribution in [1.29, 1.82) is 0 Å². The van der Waals surface area contributed by atoms with Crippen molar-refractivity contribution >= 4 is 0 Å². The minimum Gasteiger partial charge on any atom is -0.334 e. The quantitative estimate of drug-likeness (QED) is 0.902. The van der Waals surface area contributed by atoms with Crippen LogP contribution in [0.1, 0.15) is 57.1 Å². The molecule has 0 aromatic carbocycles. The van der Waals surface area contributed by atoms with E-state index in [-0.39, 0.29) is 0 Å². The third-order valence-electron chi connectivity index (χ3n) is 5.22. The molecule has 0 radical (unpaired) electrons. The van der Waals surface area contributed by atoms with Gasteiger partial charge in [0.25, 0.3) is 0 Å². The van der Waals surface area contributed by atoms with E-state index in [2.05, 4.69) is 34.3 Å². The summed E-state index contributed by atoms with van der Waals surface area (Å²) in [7, 11) is 0. The Hall–Kier alpha value is -0.830. The van der Waals surface area contributed by atoms with E-state index in [1.165, 1.54) is 50.8 Å². The molecule has 106 valence electrons. The lowest BCUT2D eigenvalue weighted by Crippen LogP contribution is -2.20. The lowest BCUT2D eigenvalue weighted by Gasteiger charge is -2.28. The molecule has 1 unspecified atom stereocenters. The van der Waals surface area contributed by atoms with Gasteiger partial charge >= 0.3 is 0 Å². The van der Waals surface area contributed by atoms with E-state index in [1.807, 2.05) is 0 Å². The van der Waals surface area contributed by atoms with Gasteiger partial charge in [-0.1, -0.05) is 26.2 Å². The van der Waals surface area contributed by atoms with Crippen LogP contribution in [-0.2, 0) is 6.54 Å². The molecule has 3 nitrogen and oxygen atoms in total. The first kappa shape index (κ1) is 13.2. The van der Waals surface area contributed by atoms with Gasteiger partial charge in [0, 0.05) is 30.9 Å². The Morgan fingerprint density at radius 1 is 1.21 bits per heavy atom. The lowest BCUT2D eigenvalue weighted by atomic mass is 9.81. The fourth-order valence-corrected chi connectivity index (χ4v) is 3.83. The van der Waals surface area contributed by atoms with Crippen LogP contribution in [0.4, 0.5) is 0 Å². The summed E-state index contributed by atoms with van der Waals surface area (Å²) in [4.78, 5) is 4.40. The first-order valence-electron chi connectivity index (χ1n) is 8.07. The van der Waals surface area contributed by atoms with Crippen molar-refractivity contribution in [3.8, 4) is 0 Å². The molecule has 2 aliphatic rings. The third kappa shape index (κ3) is 3.02. The molecule has 0 bridgehead atoms. The molecule has 1 aliphatic carbocycles. The lowest BCUT2D eigenvalue weighted by molar-refractivity contribution is 0.245. The first-order chi connectivity index (χ1) is 9.36. The van der Waals surface area contributed by atoms with E-state index < -0.39 is 0 Å². The van der Waals surface area contributed by atoms with Crippen molar-refractivity contribution in [2.45, 2.75) is 57.9 Å². The second-order valence-corrected chi connectivity index (χ2v) is 6.46. The van der Waals surface area contributed by atoms with Crippen molar-refractivity contribution in [3.63, 3.8) is 0 Å². The van der Waals surface area contributed by atoms with Crippen LogP contribution >= 0.6 is 0 Å². The van der Waals surface area contributed by atoms with Gasteiger partial charge in [0.2, 0.25) is 0 Å². The topological polar surface area (TPSA) is 29.9 Å². The fraction of sp³-hybridized carbons (Fsp3) is 0.812. The molecular formula is C16H27N3. The summed E-state index contributed by atoms with van der Waals surface area (Å²) in [5.74, 6) is 2.57.